The monoisotopic (exact) mass is 436 g/mol. The Labute approximate surface area is 167 Å². The van der Waals surface area contributed by atoms with Gasteiger partial charge in [-0.1, -0.05) is 11.6 Å². The summed E-state index contributed by atoms with van der Waals surface area (Å²) in [5, 5.41) is 3.08. The number of nitrogens with one attached hydrogen (secondary N) is 1. The van der Waals surface area contributed by atoms with E-state index in [9.17, 15) is 31.1 Å². The summed E-state index contributed by atoms with van der Waals surface area (Å²) >= 11 is 5.84. The van der Waals surface area contributed by atoms with E-state index in [2.05, 4.69) is 5.32 Å². The summed E-state index contributed by atoms with van der Waals surface area (Å²) in [6.45, 7) is 0.946. The quantitative estimate of drug-likeness (QED) is 0.655. The Hall–Kier alpha value is -2.42. The summed E-state index contributed by atoms with van der Waals surface area (Å²) < 4.78 is 77.7. The predicted molar refractivity (Wildman–Crippen MR) is 96.0 cm³/mol. The molecule has 1 amide bonds. The molecule has 1 unspecified atom stereocenters. The van der Waals surface area contributed by atoms with Gasteiger partial charge in [0.2, 0.25) is 0 Å². The molecule has 3 rings (SSSR count). The molecule has 156 valence electrons. The molecule has 0 spiro atoms. The zero-order valence-corrected chi connectivity index (χ0v) is 15.5. The number of hydrogen-bond donors (Lipinski definition) is 1. The van der Waals surface area contributed by atoms with Gasteiger partial charge < -0.3 is 10.2 Å². The van der Waals surface area contributed by atoms with Crippen LogP contribution in [0.4, 0.5) is 32.0 Å². The normalized spacial score (nSPS) is 17.5. The molecule has 1 aliphatic heterocycles. The fourth-order valence-corrected chi connectivity index (χ4v) is 3.25. The zero-order chi connectivity index (χ0) is 21.4. The van der Waals surface area contributed by atoms with Crippen LogP contribution >= 0.6 is 11.6 Å². The molecule has 1 N–H and O–H groups in total. The van der Waals surface area contributed by atoms with Crippen molar-refractivity contribution in [3.63, 3.8) is 0 Å². The van der Waals surface area contributed by atoms with E-state index < -0.39 is 41.0 Å². The highest BCUT2D eigenvalue weighted by Crippen LogP contribution is 2.36. The highest BCUT2D eigenvalue weighted by Gasteiger charge is 2.37. The molecule has 1 fully saturated rings. The summed E-state index contributed by atoms with van der Waals surface area (Å²) in [5.74, 6) is -0.982. The van der Waals surface area contributed by atoms with Crippen molar-refractivity contribution < 1.29 is 31.1 Å². The van der Waals surface area contributed by atoms with Gasteiger partial charge >= 0.3 is 12.4 Å². The average Bonchev–Trinajstić information content (AvgIpc) is 3.09. The first-order valence-electron chi connectivity index (χ1n) is 8.54. The van der Waals surface area contributed by atoms with Crippen molar-refractivity contribution in [2.24, 2.45) is 0 Å². The maximum Gasteiger partial charge on any atom is 0.416 e. The highest BCUT2D eigenvalue weighted by atomic mass is 35.5. The molecule has 0 radical (unpaired) electrons. The standard InChI is InChI=1S/C19H15ClF6N2O/c20-14-1-3-16(4-2-14)28-6-5-15(10-28)27-17(29)11-7-12(18(21,22)23)9-13(8-11)19(24,25)26/h1-4,7-9,15H,5-6,10H2,(H,27,29). The molecule has 1 heterocycles. The minimum atomic E-state index is -5.00. The average molecular weight is 437 g/mol. The second-order valence-corrected chi connectivity index (χ2v) is 7.11. The number of halogens is 7. The lowest BCUT2D eigenvalue weighted by Gasteiger charge is -2.19. The molecular weight excluding hydrogens is 422 g/mol. The number of benzene rings is 2. The van der Waals surface area contributed by atoms with Crippen molar-refractivity contribution in [3.05, 3.63) is 64.2 Å². The molecule has 2 aromatic rings. The molecular formula is C19H15ClF6N2O. The molecule has 0 aliphatic carbocycles. The molecule has 1 saturated heterocycles. The van der Waals surface area contributed by atoms with Gasteiger partial charge in [-0.15, -0.1) is 0 Å². The van der Waals surface area contributed by atoms with E-state index in [0.717, 1.165) is 5.69 Å². The molecule has 0 aromatic heterocycles. The fourth-order valence-electron chi connectivity index (χ4n) is 3.12. The van der Waals surface area contributed by atoms with Crippen LogP contribution in [-0.2, 0) is 12.4 Å². The lowest BCUT2D eigenvalue weighted by Crippen LogP contribution is -2.37. The lowest BCUT2D eigenvalue weighted by atomic mass is 10.0. The lowest BCUT2D eigenvalue weighted by molar-refractivity contribution is -0.143. The second kappa shape index (κ2) is 7.78. The van der Waals surface area contributed by atoms with Gasteiger partial charge in [-0.3, -0.25) is 4.79 Å². The van der Waals surface area contributed by atoms with Gasteiger partial charge in [0.05, 0.1) is 11.1 Å². The first-order valence-corrected chi connectivity index (χ1v) is 8.92. The molecule has 10 heteroatoms. The predicted octanol–water partition coefficient (Wildman–Crippen LogP) is 5.39. The van der Waals surface area contributed by atoms with Crippen molar-refractivity contribution >= 4 is 23.2 Å². The Bertz CT molecular complexity index is 863. The Morgan fingerprint density at radius 2 is 1.52 bits per heavy atom. The number of amides is 1. The van der Waals surface area contributed by atoms with Gasteiger partial charge in [0.15, 0.2) is 0 Å². The minimum Gasteiger partial charge on any atom is -0.369 e. The highest BCUT2D eigenvalue weighted by molar-refractivity contribution is 6.30. The van der Waals surface area contributed by atoms with Crippen LogP contribution < -0.4 is 10.2 Å². The third-order valence-electron chi connectivity index (χ3n) is 4.57. The maximum absolute atomic E-state index is 13.0. The topological polar surface area (TPSA) is 32.3 Å². The van der Waals surface area contributed by atoms with Crippen LogP contribution in [0.25, 0.3) is 0 Å². The zero-order valence-electron chi connectivity index (χ0n) is 14.7. The molecule has 29 heavy (non-hydrogen) atoms. The molecule has 2 aromatic carbocycles. The summed E-state index contributed by atoms with van der Waals surface area (Å²) in [5.41, 5.74) is -2.87. The summed E-state index contributed by atoms with van der Waals surface area (Å²) in [6.07, 6.45) is -9.51. The Morgan fingerprint density at radius 1 is 0.966 bits per heavy atom. The third kappa shape index (κ3) is 5.14. The van der Waals surface area contributed by atoms with Crippen LogP contribution in [0.2, 0.25) is 5.02 Å². The van der Waals surface area contributed by atoms with E-state index in [-0.39, 0.29) is 6.07 Å². The van der Waals surface area contributed by atoms with Gasteiger partial charge in [0.1, 0.15) is 0 Å². The summed E-state index contributed by atoms with van der Waals surface area (Å²) in [6, 6.07) is 7.40. The largest absolute Gasteiger partial charge is 0.416 e. The minimum absolute atomic E-state index is 0.00534. The van der Waals surface area contributed by atoms with E-state index >= 15 is 0 Å². The second-order valence-electron chi connectivity index (χ2n) is 6.68. The van der Waals surface area contributed by atoms with E-state index in [4.69, 9.17) is 11.6 Å². The van der Waals surface area contributed by atoms with Crippen LogP contribution in [0.5, 0.6) is 0 Å². The molecule has 1 atom stereocenters. The number of hydrogen-bond acceptors (Lipinski definition) is 2. The molecule has 1 aliphatic rings. The van der Waals surface area contributed by atoms with Crippen molar-refractivity contribution in [2.45, 2.75) is 24.8 Å². The van der Waals surface area contributed by atoms with E-state index in [1.807, 2.05) is 4.90 Å². The Kier molecular flexibility index (Phi) is 5.71. The number of carbonyl (C=O) groups is 1. The first-order chi connectivity index (χ1) is 13.4. The van der Waals surface area contributed by atoms with Crippen molar-refractivity contribution in [2.75, 3.05) is 18.0 Å². The number of anilines is 1. The van der Waals surface area contributed by atoms with Crippen LogP contribution in [0.1, 0.15) is 27.9 Å². The summed E-state index contributed by atoms with van der Waals surface area (Å²) in [7, 11) is 0. The van der Waals surface area contributed by atoms with E-state index in [1.165, 1.54) is 0 Å². The Morgan fingerprint density at radius 3 is 2.03 bits per heavy atom. The van der Waals surface area contributed by atoms with Crippen LogP contribution in [0.3, 0.4) is 0 Å². The number of rotatable bonds is 3. The van der Waals surface area contributed by atoms with Crippen LogP contribution in [0.15, 0.2) is 42.5 Å². The first kappa shape index (κ1) is 21.3. The van der Waals surface area contributed by atoms with Gasteiger partial charge in [-0.05, 0) is 48.9 Å². The SMILES string of the molecule is O=C(NC1CCN(c2ccc(Cl)cc2)C1)c1cc(C(F)(F)F)cc(C(F)(F)F)c1. The molecule has 3 nitrogen and oxygen atoms in total. The van der Waals surface area contributed by atoms with Crippen LogP contribution in [0, 0.1) is 0 Å². The van der Waals surface area contributed by atoms with Gasteiger partial charge in [-0.2, -0.15) is 26.3 Å². The summed E-state index contributed by atoms with van der Waals surface area (Å²) in [4.78, 5) is 14.3. The maximum atomic E-state index is 13.0. The number of nitrogens with zero attached hydrogens (tertiary/aromatic N) is 1. The van der Waals surface area contributed by atoms with Gasteiger partial charge in [0, 0.05) is 35.4 Å². The Balaban J connectivity index is 1.76. The van der Waals surface area contributed by atoms with Crippen molar-refractivity contribution in [1.29, 1.82) is 0 Å². The smallest absolute Gasteiger partial charge is 0.369 e. The van der Waals surface area contributed by atoms with Crippen LogP contribution in [-0.4, -0.2) is 25.0 Å². The molecule has 0 saturated carbocycles. The van der Waals surface area contributed by atoms with Gasteiger partial charge in [0.25, 0.3) is 5.91 Å². The van der Waals surface area contributed by atoms with E-state index in [0.29, 0.717) is 36.7 Å². The fraction of sp³-hybridized carbons (Fsp3) is 0.316. The van der Waals surface area contributed by atoms with Crippen molar-refractivity contribution in [3.8, 4) is 0 Å². The van der Waals surface area contributed by atoms with Gasteiger partial charge in [-0.25, -0.2) is 0 Å². The number of carbonyl (C=O) groups excluding carboxylic acids is 1. The third-order valence-corrected chi connectivity index (χ3v) is 4.82. The molecule has 0 bridgehead atoms. The van der Waals surface area contributed by atoms with Crippen molar-refractivity contribution in [1.82, 2.24) is 5.32 Å². The number of alkyl halides is 6. The van der Waals surface area contributed by atoms with E-state index in [1.54, 1.807) is 24.3 Å².